The van der Waals surface area contributed by atoms with Gasteiger partial charge in [-0.3, -0.25) is 24.6 Å². The van der Waals surface area contributed by atoms with Gasteiger partial charge in [-0.1, -0.05) is 29.3 Å². The lowest BCUT2D eigenvalue weighted by Gasteiger charge is -2.13. The van der Waals surface area contributed by atoms with E-state index in [4.69, 9.17) is 27.9 Å². The zero-order valence-electron chi connectivity index (χ0n) is 14.3. The molecule has 28 heavy (non-hydrogen) atoms. The molecule has 3 rings (SSSR count). The van der Waals surface area contributed by atoms with Crippen LogP contribution in [-0.2, 0) is 11.3 Å². The normalized spacial score (nSPS) is 15.4. The summed E-state index contributed by atoms with van der Waals surface area (Å²) in [7, 11) is 1.41. The van der Waals surface area contributed by atoms with Crippen molar-refractivity contribution in [2.75, 3.05) is 7.11 Å². The van der Waals surface area contributed by atoms with E-state index >= 15 is 0 Å². The van der Waals surface area contributed by atoms with Crippen LogP contribution in [0.1, 0.15) is 11.1 Å². The number of non-ortho nitro benzene ring substituents is 1. The largest absolute Gasteiger partial charge is 0.496 e. The summed E-state index contributed by atoms with van der Waals surface area (Å²) in [6.07, 6.45) is 1.41. The molecule has 2 aromatic rings. The standard InChI is InChI=1S/C18H12Cl2N2O5S/c1-27-15-5-3-12(22(25)26)7-11(15)8-16-17(23)21(18(24)28-16)9-10-2-4-13(19)14(20)6-10/h2-8H,9H2,1H3/b16-8-. The second kappa shape index (κ2) is 8.22. The Hall–Kier alpha value is -2.55. The minimum Gasteiger partial charge on any atom is -0.496 e. The molecular formula is C18H12Cl2N2O5S. The highest BCUT2D eigenvalue weighted by Crippen LogP contribution is 2.36. The Labute approximate surface area is 174 Å². The first-order valence-electron chi connectivity index (χ1n) is 7.82. The Morgan fingerprint density at radius 3 is 2.57 bits per heavy atom. The van der Waals surface area contributed by atoms with Gasteiger partial charge in [0, 0.05) is 17.7 Å². The third-order valence-corrected chi connectivity index (χ3v) is 5.56. The van der Waals surface area contributed by atoms with Crippen LogP contribution in [0.3, 0.4) is 0 Å². The number of amides is 2. The molecule has 0 aliphatic carbocycles. The fourth-order valence-corrected chi connectivity index (χ4v) is 3.70. The zero-order valence-corrected chi connectivity index (χ0v) is 16.7. The molecule has 0 N–H and O–H groups in total. The van der Waals surface area contributed by atoms with E-state index in [2.05, 4.69) is 0 Å². The fraction of sp³-hybridized carbons (Fsp3) is 0.111. The molecule has 0 spiro atoms. The summed E-state index contributed by atoms with van der Waals surface area (Å²) < 4.78 is 5.19. The summed E-state index contributed by atoms with van der Waals surface area (Å²) in [6, 6.07) is 8.86. The Morgan fingerprint density at radius 1 is 1.18 bits per heavy atom. The second-order valence-electron chi connectivity index (χ2n) is 5.70. The predicted molar refractivity (Wildman–Crippen MR) is 108 cm³/mol. The summed E-state index contributed by atoms with van der Waals surface area (Å²) in [4.78, 5) is 36.6. The van der Waals surface area contributed by atoms with Crippen molar-refractivity contribution in [2.24, 2.45) is 0 Å². The molecule has 0 bridgehead atoms. The van der Waals surface area contributed by atoms with E-state index in [0.717, 1.165) is 16.7 Å². The van der Waals surface area contributed by atoms with Gasteiger partial charge < -0.3 is 4.74 Å². The Bertz CT molecular complexity index is 1030. The molecule has 144 valence electrons. The average Bonchev–Trinajstić information content (AvgIpc) is 2.92. The Balaban J connectivity index is 1.89. The van der Waals surface area contributed by atoms with Gasteiger partial charge in [0.1, 0.15) is 5.75 Å². The highest BCUT2D eigenvalue weighted by molar-refractivity contribution is 8.18. The second-order valence-corrected chi connectivity index (χ2v) is 7.51. The number of thioether (sulfide) groups is 1. The average molecular weight is 439 g/mol. The van der Waals surface area contributed by atoms with Gasteiger partial charge in [0.15, 0.2) is 0 Å². The number of nitro benzene ring substituents is 1. The van der Waals surface area contributed by atoms with Crippen molar-refractivity contribution in [1.82, 2.24) is 4.90 Å². The number of halogens is 2. The van der Waals surface area contributed by atoms with E-state index in [1.165, 1.54) is 31.4 Å². The van der Waals surface area contributed by atoms with Gasteiger partial charge in [0.2, 0.25) is 0 Å². The highest BCUT2D eigenvalue weighted by atomic mass is 35.5. The van der Waals surface area contributed by atoms with Crippen molar-refractivity contribution in [3.8, 4) is 5.75 Å². The van der Waals surface area contributed by atoms with Crippen molar-refractivity contribution in [1.29, 1.82) is 0 Å². The van der Waals surface area contributed by atoms with E-state index in [-0.39, 0.29) is 17.1 Å². The molecule has 1 aliphatic heterocycles. The lowest BCUT2D eigenvalue weighted by Crippen LogP contribution is -2.27. The molecule has 10 heteroatoms. The zero-order chi connectivity index (χ0) is 20.4. The van der Waals surface area contributed by atoms with Gasteiger partial charge in [0.05, 0.1) is 33.5 Å². The topological polar surface area (TPSA) is 89.8 Å². The number of hydrogen-bond acceptors (Lipinski definition) is 6. The van der Waals surface area contributed by atoms with E-state index in [0.29, 0.717) is 26.9 Å². The Morgan fingerprint density at radius 2 is 1.93 bits per heavy atom. The van der Waals surface area contributed by atoms with Crippen LogP contribution in [0.5, 0.6) is 5.75 Å². The lowest BCUT2D eigenvalue weighted by atomic mass is 10.1. The Kier molecular flexibility index (Phi) is 5.93. The summed E-state index contributed by atoms with van der Waals surface area (Å²) in [5.41, 5.74) is 0.824. The molecule has 0 atom stereocenters. The molecule has 0 saturated carbocycles. The highest BCUT2D eigenvalue weighted by Gasteiger charge is 2.35. The minimum absolute atomic E-state index is 0.0327. The van der Waals surface area contributed by atoms with Crippen LogP contribution in [0, 0.1) is 10.1 Å². The van der Waals surface area contributed by atoms with Gasteiger partial charge in [0.25, 0.3) is 16.8 Å². The van der Waals surface area contributed by atoms with E-state index in [1.54, 1.807) is 18.2 Å². The number of nitrogens with zero attached hydrogens (tertiary/aromatic N) is 2. The summed E-state index contributed by atoms with van der Waals surface area (Å²) >= 11 is 12.6. The number of methoxy groups -OCH3 is 1. The first kappa shape index (κ1) is 20.2. The first-order chi connectivity index (χ1) is 13.3. The van der Waals surface area contributed by atoms with Crippen LogP contribution in [0.2, 0.25) is 10.0 Å². The molecule has 2 aromatic carbocycles. The van der Waals surface area contributed by atoms with Crippen LogP contribution in [-0.4, -0.2) is 28.1 Å². The van der Waals surface area contributed by atoms with E-state index < -0.39 is 16.1 Å². The smallest absolute Gasteiger partial charge is 0.293 e. The van der Waals surface area contributed by atoms with Gasteiger partial charge in [-0.05, 0) is 41.6 Å². The molecule has 0 unspecified atom stereocenters. The fourth-order valence-electron chi connectivity index (χ4n) is 2.55. The quantitative estimate of drug-likeness (QED) is 0.364. The van der Waals surface area contributed by atoms with Crippen molar-refractivity contribution in [3.05, 3.63) is 72.6 Å². The van der Waals surface area contributed by atoms with Crippen molar-refractivity contribution >= 4 is 57.9 Å². The lowest BCUT2D eigenvalue weighted by molar-refractivity contribution is -0.384. The van der Waals surface area contributed by atoms with Gasteiger partial charge in [-0.15, -0.1) is 0 Å². The molecule has 0 aromatic heterocycles. The van der Waals surface area contributed by atoms with E-state index in [9.17, 15) is 19.7 Å². The SMILES string of the molecule is COc1ccc([N+](=O)[O-])cc1/C=C1\SC(=O)N(Cc2ccc(Cl)c(Cl)c2)C1=O. The van der Waals surface area contributed by atoms with Gasteiger partial charge in [-0.2, -0.15) is 0 Å². The maximum absolute atomic E-state index is 12.7. The molecule has 2 amide bonds. The minimum atomic E-state index is -0.549. The summed E-state index contributed by atoms with van der Waals surface area (Å²) in [6.45, 7) is 0.0327. The third kappa shape index (κ3) is 4.14. The maximum atomic E-state index is 12.7. The molecule has 1 saturated heterocycles. The number of carbonyl (C=O) groups excluding carboxylic acids is 2. The first-order valence-corrected chi connectivity index (χ1v) is 9.39. The predicted octanol–water partition coefficient (Wildman–Crippen LogP) is 5.15. The summed E-state index contributed by atoms with van der Waals surface area (Å²) in [5.74, 6) is -0.156. The van der Waals surface area contributed by atoms with Gasteiger partial charge >= 0.3 is 0 Å². The molecule has 1 heterocycles. The van der Waals surface area contributed by atoms with Gasteiger partial charge in [-0.25, -0.2) is 0 Å². The number of carbonyl (C=O) groups is 2. The monoisotopic (exact) mass is 438 g/mol. The van der Waals surface area contributed by atoms with E-state index in [1.807, 2.05) is 0 Å². The van der Waals surface area contributed by atoms with Crippen molar-refractivity contribution < 1.29 is 19.2 Å². The number of rotatable bonds is 5. The molecule has 0 radical (unpaired) electrons. The number of nitro groups is 1. The van der Waals surface area contributed by atoms with Crippen LogP contribution < -0.4 is 4.74 Å². The van der Waals surface area contributed by atoms with Crippen LogP contribution >= 0.6 is 35.0 Å². The summed E-state index contributed by atoms with van der Waals surface area (Å²) in [5, 5.41) is 11.2. The van der Waals surface area contributed by atoms with Crippen LogP contribution in [0.4, 0.5) is 10.5 Å². The molecular weight excluding hydrogens is 427 g/mol. The maximum Gasteiger partial charge on any atom is 0.293 e. The number of hydrogen-bond donors (Lipinski definition) is 0. The number of imide groups is 1. The van der Waals surface area contributed by atoms with Crippen molar-refractivity contribution in [2.45, 2.75) is 6.54 Å². The van der Waals surface area contributed by atoms with Crippen LogP contribution in [0.15, 0.2) is 41.3 Å². The van der Waals surface area contributed by atoms with Crippen molar-refractivity contribution in [3.63, 3.8) is 0 Å². The number of benzene rings is 2. The molecule has 1 aliphatic rings. The molecule has 7 nitrogen and oxygen atoms in total. The third-order valence-electron chi connectivity index (χ3n) is 3.91. The van der Waals surface area contributed by atoms with Crippen LogP contribution in [0.25, 0.3) is 6.08 Å². The number of ether oxygens (including phenoxy) is 1. The molecule has 1 fully saturated rings.